The SMILES string of the molecule is CCCC(=O)NCc1ccc(C(=O)c2ccccc2)s1. The molecular weight excluding hydrogens is 270 g/mol. The minimum absolute atomic E-state index is 0.0294. The van der Waals surface area contributed by atoms with Gasteiger partial charge in [0, 0.05) is 16.9 Å². The van der Waals surface area contributed by atoms with Gasteiger partial charge in [-0.25, -0.2) is 0 Å². The highest BCUT2D eigenvalue weighted by molar-refractivity contribution is 7.14. The maximum Gasteiger partial charge on any atom is 0.220 e. The van der Waals surface area contributed by atoms with Gasteiger partial charge in [-0.1, -0.05) is 37.3 Å². The van der Waals surface area contributed by atoms with Gasteiger partial charge >= 0.3 is 0 Å². The largest absolute Gasteiger partial charge is 0.351 e. The Hall–Kier alpha value is -1.94. The minimum atomic E-state index is 0.0294. The molecule has 4 heteroatoms. The van der Waals surface area contributed by atoms with Crippen LogP contribution < -0.4 is 5.32 Å². The fourth-order valence-electron chi connectivity index (χ4n) is 1.83. The number of hydrogen-bond acceptors (Lipinski definition) is 3. The molecule has 0 unspecified atom stereocenters. The molecule has 0 atom stereocenters. The van der Waals surface area contributed by atoms with Crippen molar-refractivity contribution >= 4 is 23.0 Å². The molecule has 0 saturated heterocycles. The fraction of sp³-hybridized carbons (Fsp3) is 0.250. The summed E-state index contributed by atoms with van der Waals surface area (Å²) in [7, 11) is 0. The second kappa shape index (κ2) is 7.01. The number of carbonyl (C=O) groups is 2. The first-order valence-corrected chi connectivity index (χ1v) is 7.47. The molecule has 0 aliphatic rings. The van der Waals surface area contributed by atoms with Gasteiger partial charge in [-0.05, 0) is 18.6 Å². The number of rotatable bonds is 6. The van der Waals surface area contributed by atoms with Crippen LogP contribution in [0.25, 0.3) is 0 Å². The van der Waals surface area contributed by atoms with Crippen molar-refractivity contribution in [3.05, 3.63) is 57.8 Å². The van der Waals surface area contributed by atoms with E-state index in [9.17, 15) is 9.59 Å². The van der Waals surface area contributed by atoms with Crippen molar-refractivity contribution in [2.45, 2.75) is 26.3 Å². The van der Waals surface area contributed by atoms with Crippen LogP contribution in [0.4, 0.5) is 0 Å². The first kappa shape index (κ1) is 14.5. The van der Waals surface area contributed by atoms with Crippen LogP contribution >= 0.6 is 11.3 Å². The second-order valence-electron chi connectivity index (χ2n) is 4.49. The standard InChI is InChI=1S/C16H17NO2S/c1-2-6-15(18)17-11-13-9-10-14(20-13)16(19)12-7-4-3-5-8-12/h3-5,7-10H,2,6,11H2,1H3,(H,17,18). The van der Waals surface area contributed by atoms with Gasteiger partial charge in [0.1, 0.15) is 0 Å². The molecule has 1 aromatic heterocycles. The van der Waals surface area contributed by atoms with E-state index in [0.717, 1.165) is 11.3 Å². The molecule has 3 nitrogen and oxygen atoms in total. The molecule has 0 aliphatic heterocycles. The maximum atomic E-state index is 12.2. The Morgan fingerprint density at radius 2 is 1.85 bits per heavy atom. The summed E-state index contributed by atoms with van der Waals surface area (Å²) in [4.78, 5) is 25.3. The van der Waals surface area contributed by atoms with E-state index in [2.05, 4.69) is 5.32 Å². The zero-order chi connectivity index (χ0) is 14.4. The van der Waals surface area contributed by atoms with Gasteiger partial charge in [0.2, 0.25) is 11.7 Å². The van der Waals surface area contributed by atoms with E-state index in [0.29, 0.717) is 23.4 Å². The van der Waals surface area contributed by atoms with Crippen LogP contribution in [0.3, 0.4) is 0 Å². The molecule has 0 aliphatic carbocycles. The zero-order valence-corrected chi connectivity index (χ0v) is 12.2. The van der Waals surface area contributed by atoms with Crippen molar-refractivity contribution in [3.8, 4) is 0 Å². The van der Waals surface area contributed by atoms with Crippen molar-refractivity contribution < 1.29 is 9.59 Å². The molecule has 104 valence electrons. The molecule has 0 radical (unpaired) electrons. The van der Waals surface area contributed by atoms with Gasteiger partial charge in [-0.2, -0.15) is 0 Å². The Bertz CT molecular complexity index is 590. The van der Waals surface area contributed by atoms with Gasteiger partial charge < -0.3 is 5.32 Å². The monoisotopic (exact) mass is 287 g/mol. The summed E-state index contributed by atoms with van der Waals surface area (Å²) in [6.45, 7) is 2.47. The molecule has 0 bridgehead atoms. The average Bonchev–Trinajstić information content (AvgIpc) is 2.94. The first-order chi connectivity index (χ1) is 9.70. The Morgan fingerprint density at radius 1 is 1.10 bits per heavy atom. The quantitative estimate of drug-likeness (QED) is 0.828. The van der Waals surface area contributed by atoms with Crippen LogP contribution in [-0.4, -0.2) is 11.7 Å². The predicted octanol–water partition coefficient (Wildman–Crippen LogP) is 3.40. The van der Waals surface area contributed by atoms with Gasteiger partial charge in [-0.3, -0.25) is 9.59 Å². The molecule has 1 amide bonds. The number of ketones is 1. The van der Waals surface area contributed by atoms with E-state index in [4.69, 9.17) is 0 Å². The predicted molar refractivity (Wildman–Crippen MR) is 80.9 cm³/mol. The lowest BCUT2D eigenvalue weighted by atomic mass is 10.1. The van der Waals surface area contributed by atoms with Crippen LogP contribution in [0.15, 0.2) is 42.5 Å². The summed E-state index contributed by atoms with van der Waals surface area (Å²) >= 11 is 1.43. The molecule has 0 saturated carbocycles. The lowest BCUT2D eigenvalue weighted by Crippen LogP contribution is -2.21. The van der Waals surface area contributed by atoms with Crippen LogP contribution in [0, 0.1) is 0 Å². The number of benzene rings is 1. The van der Waals surface area contributed by atoms with Crippen molar-refractivity contribution in [2.75, 3.05) is 0 Å². The minimum Gasteiger partial charge on any atom is -0.351 e. The molecule has 0 fully saturated rings. The van der Waals surface area contributed by atoms with Gasteiger partial charge in [0.15, 0.2) is 0 Å². The van der Waals surface area contributed by atoms with Crippen LogP contribution in [-0.2, 0) is 11.3 Å². The maximum absolute atomic E-state index is 12.2. The molecule has 20 heavy (non-hydrogen) atoms. The van der Waals surface area contributed by atoms with Crippen molar-refractivity contribution in [2.24, 2.45) is 0 Å². The number of hydrogen-bond donors (Lipinski definition) is 1. The third kappa shape index (κ3) is 3.78. The van der Waals surface area contributed by atoms with E-state index in [1.54, 1.807) is 0 Å². The highest BCUT2D eigenvalue weighted by atomic mass is 32.1. The third-order valence-electron chi connectivity index (χ3n) is 2.86. The van der Waals surface area contributed by atoms with Crippen LogP contribution in [0.1, 0.15) is 39.9 Å². The van der Waals surface area contributed by atoms with E-state index in [1.165, 1.54) is 11.3 Å². The Labute approximate surface area is 122 Å². The number of carbonyl (C=O) groups excluding carboxylic acids is 2. The zero-order valence-electron chi connectivity index (χ0n) is 11.4. The summed E-state index contributed by atoms with van der Waals surface area (Å²) in [5, 5.41) is 2.85. The molecule has 0 spiro atoms. The summed E-state index contributed by atoms with van der Waals surface area (Å²) in [5.74, 6) is 0.0820. The molecule has 2 rings (SSSR count). The lowest BCUT2D eigenvalue weighted by molar-refractivity contribution is -0.121. The topological polar surface area (TPSA) is 46.2 Å². The molecule has 1 aromatic carbocycles. The van der Waals surface area contributed by atoms with E-state index in [1.807, 2.05) is 49.4 Å². The van der Waals surface area contributed by atoms with Gasteiger partial charge in [0.05, 0.1) is 11.4 Å². The van der Waals surface area contributed by atoms with Crippen LogP contribution in [0.5, 0.6) is 0 Å². The van der Waals surface area contributed by atoms with E-state index in [-0.39, 0.29) is 11.7 Å². The molecule has 1 N–H and O–H groups in total. The third-order valence-corrected chi connectivity index (χ3v) is 3.94. The Kier molecular flexibility index (Phi) is 5.07. The summed E-state index contributed by atoms with van der Waals surface area (Å²) in [6.07, 6.45) is 1.38. The average molecular weight is 287 g/mol. The number of thiophene rings is 1. The Balaban J connectivity index is 1.99. The Morgan fingerprint density at radius 3 is 2.55 bits per heavy atom. The van der Waals surface area contributed by atoms with Gasteiger partial charge in [-0.15, -0.1) is 11.3 Å². The summed E-state index contributed by atoms with van der Waals surface area (Å²) in [5.41, 5.74) is 0.691. The molecule has 1 heterocycles. The van der Waals surface area contributed by atoms with E-state index >= 15 is 0 Å². The molecular formula is C16H17NO2S. The van der Waals surface area contributed by atoms with Gasteiger partial charge in [0.25, 0.3) is 0 Å². The number of nitrogens with one attached hydrogen (secondary N) is 1. The fourth-order valence-corrected chi connectivity index (χ4v) is 2.74. The van der Waals surface area contributed by atoms with Crippen LogP contribution in [0.2, 0.25) is 0 Å². The number of amides is 1. The molecule has 2 aromatic rings. The lowest BCUT2D eigenvalue weighted by Gasteiger charge is -2.01. The second-order valence-corrected chi connectivity index (χ2v) is 5.66. The van der Waals surface area contributed by atoms with E-state index < -0.39 is 0 Å². The first-order valence-electron chi connectivity index (χ1n) is 6.66. The summed E-state index contributed by atoms with van der Waals surface area (Å²) in [6, 6.07) is 12.9. The highest BCUT2D eigenvalue weighted by Gasteiger charge is 2.11. The summed E-state index contributed by atoms with van der Waals surface area (Å²) < 4.78 is 0. The van der Waals surface area contributed by atoms with Crippen molar-refractivity contribution in [1.29, 1.82) is 0 Å². The van der Waals surface area contributed by atoms with Crippen molar-refractivity contribution in [1.82, 2.24) is 5.32 Å². The smallest absolute Gasteiger partial charge is 0.220 e. The van der Waals surface area contributed by atoms with Crippen molar-refractivity contribution in [3.63, 3.8) is 0 Å². The highest BCUT2D eigenvalue weighted by Crippen LogP contribution is 2.20. The normalized spacial score (nSPS) is 10.2.